The Hall–Kier alpha value is -0.490. The third kappa shape index (κ3) is 8.22. The summed E-state index contributed by atoms with van der Waals surface area (Å²) in [7, 11) is 0. The number of hydrogen-bond donors (Lipinski definition) is 4. The van der Waals surface area contributed by atoms with Crippen molar-refractivity contribution in [3.05, 3.63) is 23.0 Å². The summed E-state index contributed by atoms with van der Waals surface area (Å²) >= 11 is 10.0. The molecule has 0 spiro atoms. The molecule has 22 heavy (non-hydrogen) atoms. The first-order valence-corrected chi connectivity index (χ1v) is 8.81. The average molecular weight is 348 g/mol. The first kappa shape index (κ1) is 19.6. The Morgan fingerprint density at radius 1 is 1.00 bits per heavy atom. The molecule has 0 aliphatic heterocycles. The van der Waals surface area contributed by atoms with E-state index in [1.54, 1.807) is 0 Å². The van der Waals surface area contributed by atoms with E-state index in [1.165, 1.54) is 25.0 Å². The largest absolute Gasteiger partial charge is 0.384 e. The molecule has 0 unspecified atom stereocenters. The molecule has 0 heterocycles. The zero-order chi connectivity index (χ0) is 16.2. The number of unbranched alkanes of at least 4 members (excludes halogenated alkanes) is 2. The number of thiol groups is 1. The van der Waals surface area contributed by atoms with Gasteiger partial charge in [0.1, 0.15) is 5.82 Å². The molecule has 0 aliphatic carbocycles. The van der Waals surface area contributed by atoms with Crippen molar-refractivity contribution in [3.63, 3.8) is 0 Å². The van der Waals surface area contributed by atoms with Crippen molar-refractivity contribution in [2.75, 3.05) is 38.0 Å². The average Bonchev–Trinajstić information content (AvgIpc) is 2.49. The van der Waals surface area contributed by atoms with Gasteiger partial charge in [-0.05, 0) is 44.5 Å². The fourth-order valence-corrected chi connectivity index (χ4v) is 2.50. The van der Waals surface area contributed by atoms with E-state index in [0.29, 0.717) is 10.7 Å². The molecule has 0 saturated carbocycles. The van der Waals surface area contributed by atoms with Crippen LogP contribution < -0.4 is 16.0 Å². The van der Waals surface area contributed by atoms with Gasteiger partial charge in [0.25, 0.3) is 0 Å². The van der Waals surface area contributed by atoms with E-state index < -0.39 is 0 Å². The second-order valence-corrected chi connectivity index (χ2v) is 6.16. The molecule has 1 aromatic rings. The van der Waals surface area contributed by atoms with E-state index in [4.69, 9.17) is 11.6 Å². The van der Waals surface area contributed by atoms with E-state index in [9.17, 15) is 4.39 Å². The first-order valence-electron chi connectivity index (χ1n) is 7.98. The molecule has 0 saturated heterocycles. The number of benzene rings is 1. The second kappa shape index (κ2) is 12.0. The Morgan fingerprint density at radius 2 is 1.64 bits per heavy atom. The third-order valence-corrected chi connectivity index (χ3v) is 3.97. The van der Waals surface area contributed by atoms with Crippen molar-refractivity contribution in [3.8, 4) is 0 Å². The lowest BCUT2D eigenvalue weighted by atomic mass is 10.2. The summed E-state index contributed by atoms with van der Waals surface area (Å²) in [4.78, 5) is 0.271. The van der Waals surface area contributed by atoms with E-state index in [1.807, 2.05) is 0 Å². The molecule has 0 atom stereocenters. The molecule has 0 bridgehead atoms. The topological polar surface area (TPSA) is 36.1 Å². The van der Waals surface area contributed by atoms with Crippen LogP contribution in [0.25, 0.3) is 0 Å². The maximum atomic E-state index is 13.4. The maximum Gasteiger partial charge on any atom is 0.138 e. The lowest BCUT2D eigenvalue weighted by Gasteiger charge is -2.10. The minimum Gasteiger partial charge on any atom is -0.384 e. The Morgan fingerprint density at radius 3 is 2.32 bits per heavy atom. The lowest BCUT2D eigenvalue weighted by Crippen LogP contribution is -2.28. The first-order chi connectivity index (χ1) is 10.6. The molecular weight excluding hydrogens is 321 g/mol. The summed E-state index contributed by atoms with van der Waals surface area (Å²) in [5.74, 6) is -0.354. The summed E-state index contributed by atoms with van der Waals surface area (Å²) in [6, 6.07) is 2.92. The van der Waals surface area contributed by atoms with Crippen LogP contribution >= 0.6 is 24.2 Å². The van der Waals surface area contributed by atoms with Gasteiger partial charge >= 0.3 is 0 Å². The third-order valence-electron chi connectivity index (χ3n) is 3.32. The Balaban J connectivity index is 2.01. The van der Waals surface area contributed by atoms with Gasteiger partial charge < -0.3 is 16.0 Å². The minimum atomic E-state index is -0.354. The zero-order valence-electron chi connectivity index (χ0n) is 13.2. The molecule has 3 N–H and O–H groups in total. The summed E-state index contributed by atoms with van der Waals surface area (Å²) in [6.07, 6.45) is 4.56. The fourth-order valence-electron chi connectivity index (χ4n) is 2.00. The SMILES string of the molecule is CCCCNCCNCCCCNc1cc(F)c(S)cc1Cl. The predicted molar refractivity (Wildman–Crippen MR) is 97.0 cm³/mol. The van der Waals surface area contributed by atoms with Crippen molar-refractivity contribution < 1.29 is 4.39 Å². The van der Waals surface area contributed by atoms with Gasteiger partial charge in [0.05, 0.1) is 10.7 Å². The van der Waals surface area contributed by atoms with Crippen LogP contribution in [0.3, 0.4) is 0 Å². The van der Waals surface area contributed by atoms with Crippen molar-refractivity contribution in [1.29, 1.82) is 0 Å². The number of hydrogen-bond acceptors (Lipinski definition) is 4. The summed E-state index contributed by atoms with van der Waals surface area (Å²) < 4.78 is 13.4. The predicted octanol–water partition coefficient (Wildman–Crippen LogP) is 3.94. The number of rotatable bonds is 12. The molecule has 126 valence electrons. The normalized spacial score (nSPS) is 10.9. The smallest absolute Gasteiger partial charge is 0.138 e. The van der Waals surface area contributed by atoms with Crippen LogP contribution in [0.15, 0.2) is 17.0 Å². The minimum absolute atomic E-state index is 0.271. The maximum absolute atomic E-state index is 13.4. The number of nitrogens with one attached hydrogen (secondary N) is 3. The highest BCUT2D eigenvalue weighted by molar-refractivity contribution is 7.80. The van der Waals surface area contributed by atoms with Gasteiger partial charge in [0.2, 0.25) is 0 Å². The highest BCUT2D eigenvalue weighted by Gasteiger charge is 2.05. The summed E-state index contributed by atoms with van der Waals surface area (Å²) in [6.45, 7) is 7.09. The molecule has 0 radical (unpaired) electrons. The quantitative estimate of drug-likeness (QED) is 0.342. The van der Waals surface area contributed by atoms with Crippen LogP contribution in [0, 0.1) is 5.82 Å². The summed E-state index contributed by atoms with van der Waals surface area (Å²) in [5.41, 5.74) is 0.630. The molecule has 0 aliphatic rings. The van der Waals surface area contributed by atoms with Crippen LogP contribution in [-0.2, 0) is 0 Å². The number of anilines is 1. The highest BCUT2D eigenvalue weighted by Crippen LogP contribution is 2.27. The van der Waals surface area contributed by atoms with Gasteiger partial charge in [-0.2, -0.15) is 0 Å². The van der Waals surface area contributed by atoms with Gasteiger partial charge in [-0.25, -0.2) is 4.39 Å². The van der Waals surface area contributed by atoms with E-state index >= 15 is 0 Å². The monoisotopic (exact) mass is 347 g/mol. The molecule has 6 heteroatoms. The molecule has 3 nitrogen and oxygen atoms in total. The van der Waals surface area contributed by atoms with Crippen LogP contribution in [0.2, 0.25) is 5.02 Å². The fraction of sp³-hybridized carbons (Fsp3) is 0.625. The van der Waals surface area contributed by atoms with Gasteiger partial charge in [-0.3, -0.25) is 0 Å². The van der Waals surface area contributed by atoms with Crippen molar-refractivity contribution in [1.82, 2.24) is 10.6 Å². The van der Waals surface area contributed by atoms with Crippen molar-refractivity contribution in [2.24, 2.45) is 0 Å². The standard InChI is InChI=1S/C16H27ClFN3S/c1-2-3-6-19-9-10-20-7-4-5-8-21-15-12-14(18)16(22)11-13(15)17/h11-12,19-22H,2-10H2,1H3. The van der Waals surface area contributed by atoms with Crippen LogP contribution in [-0.4, -0.2) is 32.7 Å². The van der Waals surface area contributed by atoms with Crippen LogP contribution in [0.1, 0.15) is 32.6 Å². The Kier molecular flexibility index (Phi) is 10.7. The Labute approximate surface area is 143 Å². The van der Waals surface area contributed by atoms with Gasteiger partial charge in [-0.1, -0.05) is 24.9 Å². The van der Waals surface area contributed by atoms with Crippen molar-refractivity contribution in [2.45, 2.75) is 37.5 Å². The molecule has 1 aromatic carbocycles. The molecule has 0 amide bonds. The van der Waals surface area contributed by atoms with Crippen LogP contribution in [0.4, 0.5) is 10.1 Å². The molecular formula is C16H27ClFN3S. The number of halogens is 2. The molecule has 0 aromatic heterocycles. The van der Waals surface area contributed by atoms with E-state index in [0.717, 1.165) is 45.6 Å². The van der Waals surface area contributed by atoms with Crippen molar-refractivity contribution >= 4 is 29.9 Å². The van der Waals surface area contributed by atoms with Gasteiger partial charge in [0, 0.05) is 24.5 Å². The second-order valence-electron chi connectivity index (χ2n) is 5.27. The summed E-state index contributed by atoms with van der Waals surface area (Å²) in [5, 5.41) is 10.5. The zero-order valence-corrected chi connectivity index (χ0v) is 14.9. The van der Waals surface area contributed by atoms with Gasteiger partial charge in [-0.15, -0.1) is 12.6 Å². The van der Waals surface area contributed by atoms with Gasteiger partial charge in [0.15, 0.2) is 0 Å². The Bertz CT molecular complexity index is 432. The highest BCUT2D eigenvalue weighted by atomic mass is 35.5. The van der Waals surface area contributed by atoms with E-state index in [-0.39, 0.29) is 10.7 Å². The van der Waals surface area contributed by atoms with Crippen LogP contribution in [0.5, 0.6) is 0 Å². The van der Waals surface area contributed by atoms with E-state index in [2.05, 4.69) is 35.5 Å². The molecule has 1 rings (SSSR count). The lowest BCUT2D eigenvalue weighted by molar-refractivity contribution is 0.577. The molecule has 0 fully saturated rings.